The van der Waals surface area contributed by atoms with Crippen LogP contribution in [0.25, 0.3) is 6.08 Å². The molecule has 0 spiro atoms. The van der Waals surface area contributed by atoms with Crippen molar-refractivity contribution >= 4 is 12.0 Å². The molecule has 0 aliphatic heterocycles. The van der Waals surface area contributed by atoms with Gasteiger partial charge in [0.2, 0.25) is 0 Å². The minimum absolute atomic E-state index is 0.134. The Morgan fingerprint density at radius 2 is 2.05 bits per heavy atom. The van der Waals surface area contributed by atoms with Crippen molar-refractivity contribution in [1.82, 2.24) is 0 Å². The van der Waals surface area contributed by atoms with Crippen LogP contribution in [0.2, 0.25) is 0 Å². The number of carbonyl (C=O) groups is 1. The van der Waals surface area contributed by atoms with Gasteiger partial charge in [-0.3, -0.25) is 0 Å². The van der Waals surface area contributed by atoms with E-state index in [4.69, 9.17) is 5.26 Å². The van der Waals surface area contributed by atoms with E-state index in [1.807, 2.05) is 0 Å². The predicted octanol–water partition coefficient (Wildman–Crippen LogP) is 1.18. The molecule has 100 valence electrons. The monoisotopic (exact) mass is 261 g/mol. The number of methoxy groups -OCH3 is 1. The maximum absolute atomic E-state index is 10.9. The van der Waals surface area contributed by atoms with Gasteiger partial charge in [0.25, 0.3) is 0 Å². The lowest BCUT2D eigenvalue weighted by Crippen LogP contribution is -2.17. The SMILES string of the molecule is COC(=O)/C=C/c1ccc(C(O)C(O)CC#N)cc1. The Bertz CT molecular complexity index is 487. The van der Waals surface area contributed by atoms with E-state index < -0.39 is 18.2 Å². The van der Waals surface area contributed by atoms with E-state index >= 15 is 0 Å². The highest BCUT2D eigenvalue weighted by Crippen LogP contribution is 2.19. The number of nitriles is 1. The number of carbonyl (C=O) groups excluding carboxylic acids is 1. The summed E-state index contributed by atoms with van der Waals surface area (Å²) in [6.07, 6.45) is 0.522. The van der Waals surface area contributed by atoms with E-state index in [2.05, 4.69) is 4.74 Å². The van der Waals surface area contributed by atoms with Crippen LogP contribution in [-0.2, 0) is 9.53 Å². The number of hydrogen-bond acceptors (Lipinski definition) is 5. The van der Waals surface area contributed by atoms with Crippen molar-refractivity contribution in [3.05, 3.63) is 41.5 Å². The fourth-order valence-corrected chi connectivity index (χ4v) is 1.46. The predicted molar refractivity (Wildman–Crippen MR) is 68.7 cm³/mol. The quantitative estimate of drug-likeness (QED) is 0.613. The molecule has 2 N–H and O–H groups in total. The Labute approximate surface area is 111 Å². The molecule has 0 aliphatic rings. The van der Waals surface area contributed by atoms with Crippen LogP contribution in [0.15, 0.2) is 30.3 Å². The second-order valence-corrected chi connectivity index (χ2v) is 3.90. The summed E-state index contributed by atoms with van der Waals surface area (Å²) >= 11 is 0. The fourth-order valence-electron chi connectivity index (χ4n) is 1.46. The van der Waals surface area contributed by atoms with Gasteiger partial charge in [-0.2, -0.15) is 5.26 Å². The first-order chi connectivity index (χ1) is 9.08. The van der Waals surface area contributed by atoms with Gasteiger partial charge < -0.3 is 14.9 Å². The number of ether oxygens (including phenoxy) is 1. The van der Waals surface area contributed by atoms with Gasteiger partial charge in [-0.1, -0.05) is 24.3 Å². The van der Waals surface area contributed by atoms with Gasteiger partial charge in [0.15, 0.2) is 0 Å². The average molecular weight is 261 g/mol. The summed E-state index contributed by atoms with van der Waals surface area (Å²) < 4.78 is 4.46. The van der Waals surface area contributed by atoms with Gasteiger partial charge in [-0.05, 0) is 17.2 Å². The van der Waals surface area contributed by atoms with Gasteiger partial charge in [-0.25, -0.2) is 4.79 Å². The summed E-state index contributed by atoms with van der Waals surface area (Å²) in [5.74, 6) is -0.450. The summed E-state index contributed by atoms with van der Waals surface area (Å²) in [6.45, 7) is 0. The lowest BCUT2D eigenvalue weighted by atomic mass is 10.0. The number of esters is 1. The molecule has 0 radical (unpaired) electrons. The molecule has 1 aromatic carbocycles. The standard InChI is InChI=1S/C14H15NO4/c1-19-13(17)7-4-10-2-5-11(6-3-10)14(18)12(16)8-9-15/h2-7,12,14,16,18H,8H2,1H3/b7-4+. The third kappa shape index (κ3) is 4.54. The summed E-state index contributed by atoms with van der Waals surface area (Å²) in [4.78, 5) is 10.9. The molecule has 2 unspecified atom stereocenters. The second kappa shape index (κ2) is 7.31. The number of nitrogens with zero attached hydrogens (tertiary/aromatic N) is 1. The smallest absolute Gasteiger partial charge is 0.330 e. The highest BCUT2D eigenvalue weighted by atomic mass is 16.5. The third-order valence-corrected chi connectivity index (χ3v) is 2.56. The van der Waals surface area contributed by atoms with Crippen LogP contribution >= 0.6 is 0 Å². The summed E-state index contributed by atoms with van der Waals surface area (Å²) in [5, 5.41) is 27.7. The van der Waals surface area contributed by atoms with Crippen LogP contribution in [0.5, 0.6) is 0 Å². The Hall–Kier alpha value is -2.16. The molecule has 0 amide bonds. The number of aliphatic hydroxyl groups is 2. The minimum Gasteiger partial charge on any atom is -0.466 e. The van der Waals surface area contributed by atoms with Gasteiger partial charge in [-0.15, -0.1) is 0 Å². The first-order valence-corrected chi connectivity index (χ1v) is 5.67. The zero-order chi connectivity index (χ0) is 14.3. The maximum atomic E-state index is 10.9. The van der Waals surface area contributed by atoms with Gasteiger partial charge in [0.1, 0.15) is 6.10 Å². The number of rotatable bonds is 5. The molecular formula is C14H15NO4. The van der Waals surface area contributed by atoms with Crippen LogP contribution in [-0.4, -0.2) is 29.4 Å². The average Bonchev–Trinajstić information content (AvgIpc) is 2.44. The summed E-state index contributed by atoms with van der Waals surface area (Å²) in [7, 11) is 1.29. The van der Waals surface area contributed by atoms with E-state index in [1.165, 1.54) is 13.2 Å². The first-order valence-electron chi connectivity index (χ1n) is 5.67. The molecule has 5 heteroatoms. The summed E-state index contributed by atoms with van der Waals surface area (Å²) in [6, 6.07) is 8.43. The molecule has 0 heterocycles. The molecule has 19 heavy (non-hydrogen) atoms. The molecule has 2 atom stereocenters. The Balaban J connectivity index is 2.74. The number of benzene rings is 1. The van der Waals surface area contributed by atoms with Crippen molar-refractivity contribution in [3.8, 4) is 6.07 Å². The van der Waals surface area contributed by atoms with Crippen molar-refractivity contribution < 1.29 is 19.7 Å². The fraction of sp³-hybridized carbons (Fsp3) is 0.286. The molecule has 5 nitrogen and oxygen atoms in total. The molecule has 0 saturated carbocycles. The topological polar surface area (TPSA) is 90.6 Å². The van der Waals surface area contributed by atoms with Crippen molar-refractivity contribution in [2.24, 2.45) is 0 Å². The molecule has 1 rings (SSSR count). The van der Waals surface area contributed by atoms with Gasteiger partial charge in [0.05, 0.1) is 25.7 Å². The lowest BCUT2D eigenvalue weighted by Gasteiger charge is -2.15. The second-order valence-electron chi connectivity index (χ2n) is 3.90. The van der Waals surface area contributed by atoms with Crippen LogP contribution in [0.1, 0.15) is 23.7 Å². The van der Waals surface area contributed by atoms with Crippen LogP contribution in [0.4, 0.5) is 0 Å². The van der Waals surface area contributed by atoms with Crippen molar-refractivity contribution in [2.45, 2.75) is 18.6 Å². The molecule has 0 saturated heterocycles. The van der Waals surface area contributed by atoms with E-state index in [9.17, 15) is 15.0 Å². The molecule has 1 aromatic rings. The van der Waals surface area contributed by atoms with E-state index in [0.29, 0.717) is 5.56 Å². The minimum atomic E-state index is -1.11. The van der Waals surface area contributed by atoms with E-state index in [0.717, 1.165) is 5.56 Å². The highest BCUT2D eigenvalue weighted by molar-refractivity contribution is 5.86. The largest absolute Gasteiger partial charge is 0.466 e. The molecule has 0 bridgehead atoms. The van der Waals surface area contributed by atoms with Crippen molar-refractivity contribution in [3.63, 3.8) is 0 Å². The van der Waals surface area contributed by atoms with Gasteiger partial charge in [0, 0.05) is 6.08 Å². The first kappa shape index (κ1) is 14.9. The summed E-state index contributed by atoms with van der Waals surface area (Å²) in [5.41, 5.74) is 1.27. The van der Waals surface area contributed by atoms with Crippen LogP contribution in [0.3, 0.4) is 0 Å². The normalized spacial score (nSPS) is 13.8. The Morgan fingerprint density at radius 3 is 2.58 bits per heavy atom. The van der Waals surface area contributed by atoms with Crippen molar-refractivity contribution in [2.75, 3.05) is 7.11 Å². The Morgan fingerprint density at radius 1 is 1.42 bits per heavy atom. The maximum Gasteiger partial charge on any atom is 0.330 e. The Kier molecular flexibility index (Phi) is 5.73. The van der Waals surface area contributed by atoms with E-state index in [1.54, 1.807) is 36.4 Å². The van der Waals surface area contributed by atoms with E-state index in [-0.39, 0.29) is 6.42 Å². The third-order valence-electron chi connectivity index (χ3n) is 2.56. The van der Waals surface area contributed by atoms with Crippen molar-refractivity contribution in [1.29, 1.82) is 5.26 Å². The highest BCUT2D eigenvalue weighted by Gasteiger charge is 2.17. The number of hydrogen-bond donors (Lipinski definition) is 2. The van der Waals surface area contributed by atoms with Crippen LogP contribution in [0, 0.1) is 11.3 Å². The lowest BCUT2D eigenvalue weighted by molar-refractivity contribution is -0.134. The molecular weight excluding hydrogens is 246 g/mol. The molecule has 0 aliphatic carbocycles. The molecule has 0 aromatic heterocycles. The van der Waals surface area contributed by atoms with Crippen LogP contribution < -0.4 is 0 Å². The zero-order valence-corrected chi connectivity index (χ0v) is 10.5. The number of aliphatic hydroxyl groups excluding tert-OH is 2. The zero-order valence-electron chi connectivity index (χ0n) is 10.5. The van der Waals surface area contributed by atoms with Gasteiger partial charge >= 0.3 is 5.97 Å². The molecule has 0 fully saturated rings.